The molecular weight excluding hydrogens is 290 g/mol. The lowest BCUT2D eigenvalue weighted by molar-refractivity contribution is -0.116. The van der Waals surface area contributed by atoms with Gasteiger partial charge in [-0.15, -0.1) is 0 Å². The molecule has 2 aromatic carbocycles. The first-order valence-electron chi connectivity index (χ1n) is 7.55. The third kappa shape index (κ3) is 4.57. The highest BCUT2D eigenvalue weighted by atomic mass is 16.2. The Balaban J connectivity index is 1.90. The first-order chi connectivity index (χ1) is 11.1. The molecule has 0 fully saturated rings. The van der Waals surface area contributed by atoms with Crippen LogP contribution in [0.3, 0.4) is 0 Å². The zero-order chi connectivity index (χ0) is 16.7. The maximum Gasteiger partial charge on any atom is 0.251 e. The quantitative estimate of drug-likeness (QED) is 0.861. The van der Waals surface area contributed by atoms with Crippen LogP contribution in [0.4, 0.5) is 11.4 Å². The largest absolute Gasteiger partial charge is 0.376 e. The molecule has 0 aliphatic heterocycles. The molecule has 5 heteroatoms. The molecule has 0 atom stereocenters. The Morgan fingerprint density at radius 2 is 1.65 bits per heavy atom. The second-order valence-corrected chi connectivity index (χ2v) is 5.08. The van der Waals surface area contributed by atoms with E-state index in [1.807, 2.05) is 37.3 Å². The molecule has 0 aliphatic rings. The van der Waals surface area contributed by atoms with Crippen LogP contribution in [-0.2, 0) is 4.79 Å². The normalized spacial score (nSPS) is 10.0. The predicted molar refractivity (Wildman–Crippen MR) is 92.8 cm³/mol. The van der Waals surface area contributed by atoms with Crippen molar-refractivity contribution in [2.45, 2.75) is 6.92 Å². The summed E-state index contributed by atoms with van der Waals surface area (Å²) in [4.78, 5) is 25.5. The van der Waals surface area contributed by atoms with Crippen LogP contribution in [0, 0.1) is 0 Å². The molecule has 0 aliphatic carbocycles. The SMILES string of the molecule is CCNC(=O)c1ccc(NCC(=O)N(C)c2ccccc2)cc1. The second kappa shape index (κ2) is 7.98. The molecule has 0 aromatic heterocycles. The van der Waals surface area contributed by atoms with Gasteiger partial charge in [-0.1, -0.05) is 18.2 Å². The highest BCUT2D eigenvalue weighted by Gasteiger charge is 2.10. The van der Waals surface area contributed by atoms with Crippen molar-refractivity contribution in [3.05, 3.63) is 60.2 Å². The second-order valence-electron chi connectivity index (χ2n) is 5.08. The summed E-state index contributed by atoms with van der Waals surface area (Å²) in [5, 5.41) is 5.81. The van der Waals surface area contributed by atoms with Crippen LogP contribution in [0.15, 0.2) is 54.6 Å². The van der Waals surface area contributed by atoms with E-state index in [0.717, 1.165) is 11.4 Å². The monoisotopic (exact) mass is 311 g/mol. The van der Waals surface area contributed by atoms with Gasteiger partial charge in [0.2, 0.25) is 5.91 Å². The van der Waals surface area contributed by atoms with E-state index in [0.29, 0.717) is 12.1 Å². The molecule has 2 rings (SSSR count). The number of anilines is 2. The first kappa shape index (κ1) is 16.5. The lowest BCUT2D eigenvalue weighted by Crippen LogP contribution is -2.32. The lowest BCUT2D eigenvalue weighted by Gasteiger charge is -2.18. The van der Waals surface area contributed by atoms with E-state index in [-0.39, 0.29) is 18.4 Å². The predicted octanol–water partition coefficient (Wildman–Crippen LogP) is 2.51. The smallest absolute Gasteiger partial charge is 0.251 e. The maximum atomic E-state index is 12.2. The maximum absolute atomic E-state index is 12.2. The zero-order valence-electron chi connectivity index (χ0n) is 13.4. The van der Waals surface area contributed by atoms with E-state index in [1.165, 1.54) is 0 Å². The molecule has 23 heavy (non-hydrogen) atoms. The van der Waals surface area contributed by atoms with Gasteiger partial charge in [-0.05, 0) is 43.3 Å². The molecule has 2 aromatic rings. The number of rotatable bonds is 6. The molecule has 0 bridgehead atoms. The van der Waals surface area contributed by atoms with Gasteiger partial charge >= 0.3 is 0 Å². The number of carbonyl (C=O) groups is 2. The molecule has 0 saturated heterocycles. The molecule has 0 heterocycles. The van der Waals surface area contributed by atoms with Gasteiger partial charge in [0.25, 0.3) is 5.91 Å². The van der Waals surface area contributed by atoms with Gasteiger partial charge in [-0.25, -0.2) is 0 Å². The number of nitrogens with zero attached hydrogens (tertiary/aromatic N) is 1. The minimum atomic E-state index is -0.0982. The number of hydrogen-bond donors (Lipinski definition) is 2. The van der Waals surface area contributed by atoms with Crippen LogP contribution >= 0.6 is 0 Å². The summed E-state index contributed by atoms with van der Waals surface area (Å²) >= 11 is 0. The summed E-state index contributed by atoms with van der Waals surface area (Å²) in [6, 6.07) is 16.5. The van der Waals surface area contributed by atoms with Crippen molar-refractivity contribution < 1.29 is 9.59 Å². The van der Waals surface area contributed by atoms with Crippen molar-refractivity contribution in [2.75, 3.05) is 30.4 Å². The number of amides is 2. The van der Waals surface area contributed by atoms with Crippen molar-refractivity contribution in [3.63, 3.8) is 0 Å². The van der Waals surface area contributed by atoms with Crippen LogP contribution in [0.25, 0.3) is 0 Å². The summed E-state index contributed by atoms with van der Waals surface area (Å²) in [6.45, 7) is 2.66. The number of hydrogen-bond acceptors (Lipinski definition) is 3. The standard InChI is InChI=1S/C18H21N3O2/c1-3-19-18(23)14-9-11-15(12-10-14)20-13-17(22)21(2)16-7-5-4-6-8-16/h4-12,20H,3,13H2,1-2H3,(H,19,23). The fourth-order valence-corrected chi connectivity index (χ4v) is 2.09. The molecule has 120 valence electrons. The highest BCUT2D eigenvalue weighted by molar-refractivity contribution is 5.96. The Labute approximate surface area is 136 Å². The van der Waals surface area contributed by atoms with E-state index >= 15 is 0 Å². The topological polar surface area (TPSA) is 61.4 Å². The molecule has 0 spiro atoms. The van der Waals surface area contributed by atoms with Crippen LogP contribution in [-0.4, -0.2) is 32.0 Å². The summed E-state index contributed by atoms with van der Waals surface area (Å²) in [5.41, 5.74) is 2.25. The zero-order valence-corrected chi connectivity index (χ0v) is 13.4. The van der Waals surface area contributed by atoms with Crippen molar-refractivity contribution in [2.24, 2.45) is 0 Å². The van der Waals surface area contributed by atoms with Crippen molar-refractivity contribution in [1.29, 1.82) is 0 Å². The fourth-order valence-electron chi connectivity index (χ4n) is 2.09. The number of nitrogens with one attached hydrogen (secondary N) is 2. The number of benzene rings is 2. The van der Waals surface area contributed by atoms with Gasteiger partial charge in [0.1, 0.15) is 0 Å². The molecule has 2 N–H and O–H groups in total. The van der Waals surface area contributed by atoms with E-state index in [9.17, 15) is 9.59 Å². The first-order valence-corrected chi connectivity index (χ1v) is 7.55. The number of likely N-dealkylation sites (N-methyl/N-ethyl adjacent to an activating group) is 1. The molecule has 5 nitrogen and oxygen atoms in total. The van der Waals surface area contributed by atoms with Crippen LogP contribution in [0.5, 0.6) is 0 Å². The van der Waals surface area contributed by atoms with Crippen LogP contribution < -0.4 is 15.5 Å². The van der Waals surface area contributed by atoms with Gasteiger partial charge in [0.15, 0.2) is 0 Å². The van der Waals surface area contributed by atoms with Crippen molar-refractivity contribution in [1.82, 2.24) is 5.32 Å². The van der Waals surface area contributed by atoms with Crippen molar-refractivity contribution >= 4 is 23.2 Å². The van der Waals surface area contributed by atoms with E-state index < -0.39 is 0 Å². The average Bonchev–Trinajstić information content (AvgIpc) is 2.60. The Bertz CT molecular complexity index is 654. The Morgan fingerprint density at radius 1 is 1.00 bits per heavy atom. The molecule has 0 saturated carbocycles. The van der Waals surface area contributed by atoms with Crippen LogP contribution in [0.1, 0.15) is 17.3 Å². The Hall–Kier alpha value is -2.82. The summed E-state index contributed by atoms with van der Waals surface area (Å²) in [5.74, 6) is -0.136. The third-order valence-corrected chi connectivity index (χ3v) is 3.45. The fraction of sp³-hybridized carbons (Fsp3) is 0.222. The summed E-state index contributed by atoms with van der Waals surface area (Å²) < 4.78 is 0. The highest BCUT2D eigenvalue weighted by Crippen LogP contribution is 2.12. The molecule has 0 unspecified atom stereocenters. The third-order valence-electron chi connectivity index (χ3n) is 3.45. The van der Waals surface area contributed by atoms with Gasteiger partial charge < -0.3 is 15.5 Å². The molecule has 2 amide bonds. The number of carbonyl (C=O) groups excluding carboxylic acids is 2. The minimum absolute atomic E-state index is 0.0380. The van der Waals surface area contributed by atoms with E-state index in [2.05, 4.69) is 10.6 Å². The average molecular weight is 311 g/mol. The van der Waals surface area contributed by atoms with Gasteiger partial charge in [-0.2, -0.15) is 0 Å². The van der Waals surface area contributed by atoms with Crippen LogP contribution in [0.2, 0.25) is 0 Å². The number of para-hydroxylation sites is 1. The summed E-state index contributed by atoms with van der Waals surface area (Å²) in [6.07, 6.45) is 0. The molecular formula is C18H21N3O2. The lowest BCUT2D eigenvalue weighted by atomic mass is 10.2. The van der Waals surface area contributed by atoms with E-state index in [4.69, 9.17) is 0 Å². The van der Waals surface area contributed by atoms with Gasteiger partial charge in [0, 0.05) is 30.5 Å². The van der Waals surface area contributed by atoms with Gasteiger partial charge in [0.05, 0.1) is 6.54 Å². The minimum Gasteiger partial charge on any atom is -0.376 e. The van der Waals surface area contributed by atoms with Crippen molar-refractivity contribution in [3.8, 4) is 0 Å². The van der Waals surface area contributed by atoms with E-state index in [1.54, 1.807) is 36.2 Å². The Morgan fingerprint density at radius 3 is 2.26 bits per heavy atom. The molecule has 0 radical (unpaired) electrons. The Kier molecular flexibility index (Phi) is 5.74. The summed E-state index contributed by atoms with van der Waals surface area (Å²) in [7, 11) is 1.75. The van der Waals surface area contributed by atoms with Gasteiger partial charge in [-0.3, -0.25) is 9.59 Å².